The number of hydrogen-bond acceptors (Lipinski definition) is 9. The van der Waals surface area contributed by atoms with Crippen LogP contribution in [0, 0.1) is 17.7 Å². The van der Waals surface area contributed by atoms with Crippen LogP contribution in [0.25, 0.3) is 0 Å². The summed E-state index contributed by atoms with van der Waals surface area (Å²) in [6.45, 7) is 8.95. The van der Waals surface area contributed by atoms with E-state index in [1.807, 2.05) is 9.58 Å². The summed E-state index contributed by atoms with van der Waals surface area (Å²) < 4.78 is 73.7. The lowest BCUT2D eigenvalue weighted by Crippen LogP contribution is -2.43. The van der Waals surface area contributed by atoms with Crippen molar-refractivity contribution in [2.24, 2.45) is 0 Å². The van der Waals surface area contributed by atoms with E-state index in [0.717, 1.165) is 49.7 Å². The maximum atomic E-state index is 15.7. The highest BCUT2D eigenvalue weighted by atomic mass is 19.4. The van der Waals surface area contributed by atoms with Crippen molar-refractivity contribution >= 4 is 17.4 Å². The van der Waals surface area contributed by atoms with Gasteiger partial charge in [0.15, 0.2) is 11.5 Å². The van der Waals surface area contributed by atoms with Crippen LogP contribution in [0.15, 0.2) is 24.3 Å². The van der Waals surface area contributed by atoms with Gasteiger partial charge in [0.05, 0.1) is 47.4 Å². The second kappa shape index (κ2) is 13.1. The molecule has 3 aromatic rings. The fourth-order valence-electron chi connectivity index (χ4n) is 7.91. The molecule has 2 aromatic heterocycles. The van der Waals surface area contributed by atoms with Gasteiger partial charge in [-0.1, -0.05) is 18.1 Å². The summed E-state index contributed by atoms with van der Waals surface area (Å²) in [4.78, 5) is 28.2. The lowest BCUT2D eigenvalue weighted by molar-refractivity contribution is -0.140. The number of anilines is 2. The van der Waals surface area contributed by atoms with E-state index in [1.54, 1.807) is 20.2 Å². The Hall–Kier alpha value is -4.68. The van der Waals surface area contributed by atoms with E-state index in [0.29, 0.717) is 55.4 Å². The zero-order chi connectivity index (χ0) is 36.2. The predicted octanol–water partition coefficient (Wildman–Crippen LogP) is 4.88. The van der Waals surface area contributed by atoms with Gasteiger partial charge in [-0.05, 0) is 51.3 Å². The standard InChI is InChI=1S/C36H40F4N8O3/c1-5-8-22-13-25(41)31(37)29(30(22)36(38,39)40)28-15-26-24(19-50-28)32(43-34(42-26)51-20-35-9-6-11-47(35)17-21(2)16-35)46-10-7-12-48-23(18-46)14-27(44-48)33(49)45(3)4/h13-14,28H,2,6-7,9-12,15-20,41H2,1,3-4H3/t28-,35-/m1/s1. The van der Waals surface area contributed by atoms with Crippen LogP contribution in [0.1, 0.15) is 82.8 Å². The molecule has 2 N–H and O–H groups in total. The van der Waals surface area contributed by atoms with Crippen molar-refractivity contribution in [3.63, 3.8) is 0 Å². The average Bonchev–Trinajstić information content (AvgIpc) is 3.70. The molecule has 1 aromatic carbocycles. The lowest BCUT2D eigenvalue weighted by atomic mass is 9.91. The quantitative estimate of drug-likeness (QED) is 0.166. The number of nitrogen functional groups attached to an aromatic ring is 1. The molecule has 0 saturated carbocycles. The zero-order valence-electron chi connectivity index (χ0n) is 28.9. The topological polar surface area (TPSA) is 115 Å². The molecule has 2 atom stereocenters. The number of fused-ring (bicyclic) bond motifs is 3. The lowest BCUT2D eigenvalue weighted by Gasteiger charge is -2.33. The van der Waals surface area contributed by atoms with Gasteiger partial charge in [-0.15, -0.1) is 5.92 Å². The van der Waals surface area contributed by atoms with E-state index in [-0.39, 0.29) is 30.5 Å². The van der Waals surface area contributed by atoms with E-state index in [2.05, 4.69) is 28.4 Å². The molecule has 0 radical (unpaired) electrons. The minimum atomic E-state index is -4.93. The van der Waals surface area contributed by atoms with Crippen molar-refractivity contribution in [2.75, 3.05) is 51.0 Å². The molecule has 15 heteroatoms. The molecule has 11 nitrogen and oxygen atoms in total. The van der Waals surface area contributed by atoms with Crippen molar-refractivity contribution in [3.05, 3.63) is 69.4 Å². The Morgan fingerprint density at radius 1 is 1.20 bits per heavy atom. The highest BCUT2D eigenvalue weighted by Gasteiger charge is 2.47. The number of amides is 1. The fourth-order valence-corrected chi connectivity index (χ4v) is 7.91. The van der Waals surface area contributed by atoms with Gasteiger partial charge in [0, 0.05) is 56.8 Å². The van der Waals surface area contributed by atoms with Gasteiger partial charge in [-0.2, -0.15) is 28.2 Å². The van der Waals surface area contributed by atoms with E-state index < -0.39 is 40.5 Å². The minimum absolute atomic E-state index is 0.0750. The maximum absolute atomic E-state index is 15.7. The molecule has 0 spiro atoms. The molecular formula is C36H40F4N8O3. The van der Waals surface area contributed by atoms with Crippen LogP contribution in [0.3, 0.4) is 0 Å². The number of nitrogens with zero attached hydrogens (tertiary/aromatic N) is 7. The Labute approximate surface area is 293 Å². The number of rotatable bonds is 6. The van der Waals surface area contributed by atoms with Crippen molar-refractivity contribution in [1.82, 2.24) is 29.5 Å². The molecular weight excluding hydrogens is 668 g/mol. The highest BCUT2D eigenvalue weighted by Crippen LogP contribution is 2.45. The molecule has 0 bridgehead atoms. The van der Waals surface area contributed by atoms with Gasteiger partial charge in [0.1, 0.15) is 12.4 Å². The van der Waals surface area contributed by atoms with Gasteiger partial charge in [-0.25, -0.2) is 4.39 Å². The summed E-state index contributed by atoms with van der Waals surface area (Å²) in [7, 11) is 3.33. The van der Waals surface area contributed by atoms with Crippen LogP contribution in [-0.2, 0) is 37.0 Å². The van der Waals surface area contributed by atoms with Gasteiger partial charge in [-0.3, -0.25) is 14.4 Å². The normalized spacial score (nSPS) is 21.7. The molecule has 270 valence electrons. The van der Waals surface area contributed by atoms with Crippen molar-refractivity contribution in [3.8, 4) is 17.9 Å². The van der Waals surface area contributed by atoms with Gasteiger partial charge < -0.3 is 25.0 Å². The second-order valence-electron chi connectivity index (χ2n) is 13.9. The van der Waals surface area contributed by atoms with Crippen LogP contribution in [0.4, 0.5) is 29.1 Å². The molecule has 7 rings (SSSR count). The average molecular weight is 709 g/mol. The molecule has 2 saturated heterocycles. The number of carbonyl (C=O) groups is 1. The van der Waals surface area contributed by atoms with E-state index in [9.17, 15) is 18.0 Å². The summed E-state index contributed by atoms with van der Waals surface area (Å²) >= 11 is 0. The molecule has 4 aliphatic heterocycles. The summed E-state index contributed by atoms with van der Waals surface area (Å²) in [5.74, 6) is 4.00. The fraction of sp³-hybridized carbons (Fsp3) is 0.500. The maximum Gasteiger partial charge on any atom is 0.418 e. The van der Waals surface area contributed by atoms with Gasteiger partial charge in [0.25, 0.3) is 5.91 Å². The Balaban J connectivity index is 1.29. The number of nitrogens with two attached hydrogens (primary N) is 1. The van der Waals surface area contributed by atoms with Crippen molar-refractivity contribution in [1.29, 1.82) is 0 Å². The van der Waals surface area contributed by atoms with E-state index in [4.69, 9.17) is 25.2 Å². The number of halogens is 4. The summed E-state index contributed by atoms with van der Waals surface area (Å²) in [5, 5.41) is 4.54. The Morgan fingerprint density at radius 3 is 2.75 bits per heavy atom. The first-order chi connectivity index (χ1) is 24.3. The molecule has 1 amide bonds. The molecule has 6 heterocycles. The SMILES string of the molecule is C=C1CN2CCC[C@]2(COc2nc3c(c(N4CCCn5nc(C(=O)N(C)C)cc5C4)n2)CO[C@@H](c2c(F)c(N)cc(C#CC)c2C(F)(F)F)C3)C1. The van der Waals surface area contributed by atoms with Crippen molar-refractivity contribution < 1.29 is 31.8 Å². The highest BCUT2D eigenvalue weighted by molar-refractivity contribution is 5.92. The second-order valence-corrected chi connectivity index (χ2v) is 13.9. The molecule has 0 unspecified atom stereocenters. The number of hydrogen-bond donors (Lipinski definition) is 1. The Bertz CT molecular complexity index is 1970. The summed E-state index contributed by atoms with van der Waals surface area (Å²) in [6, 6.07) is 2.74. The number of benzene rings is 1. The smallest absolute Gasteiger partial charge is 0.418 e. The van der Waals surface area contributed by atoms with E-state index in [1.165, 1.54) is 11.8 Å². The molecule has 4 aliphatic rings. The number of aromatic nitrogens is 4. The van der Waals surface area contributed by atoms with Gasteiger partial charge in [0.2, 0.25) is 0 Å². The molecule has 0 aliphatic carbocycles. The first kappa shape index (κ1) is 34.8. The molecule has 2 fully saturated rings. The zero-order valence-corrected chi connectivity index (χ0v) is 28.9. The predicted molar refractivity (Wildman–Crippen MR) is 180 cm³/mol. The Kier molecular flexibility index (Phi) is 8.95. The third kappa shape index (κ3) is 6.40. The van der Waals surface area contributed by atoms with Crippen LogP contribution >= 0.6 is 0 Å². The first-order valence-electron chi connectivity index (χ1n) is 17.0. The Morgan fingerprint density at radius 2 is 2.00 bits per heavy atom. The number of alkyl halides is 3. The third-order valence-corrected chi connectivity index (χ3v) is 10.2. The number of ether oxygens (including phenoxy) is 2. The van der Waals surface area contributed by atoms with Crippen LogP contribution in [-0.4, -0.2) is 81.3 Å². The summed E-state index contributed by atoms with van der Waals surface area (Å²) in [5.41, 5.74) is 6.09. The third-order valence-electron chi connectivity index (χ3n) is 10.2. The van der Waals surface area contributed by atoms with Crippen LogP contribution < -0.4 is 15.4 Å². The van der Waals surface area contributed by atoms with Crippen molar-refractivity contribution in [2.45, 2.75) is 76.5 Å². The van der Waals surface area contributed by atoms with Crippen LogP contribution in [0.5, 0.6) is 6.01 Å². The molecule has 51 heavy (non-hydrogen) atoms. The monoisotopic (exact) mass is 708 g/mol. The number of aryl methyl sites for hydroxylation is 1. The summed E-state index contributed by atoms with van der Waals surface area (Å²) in [6.07, 6.45) is -3.05. The first-order valence-corrected chi connectivity index (χ1v) is 17.0. The largest absolute Gasteiger partial charge is 0.461 e. The number of carbonyl (C=O) groups excluding carboxylic acids is 1. The minimum Gasteiger partial charge on any atom is -0.461 e. The van der Waals surface area contributed by atoms with Gasteiger partial charge >= 0.3 is 12.2 Å². The van der Waals surface area contributed by atoms with E-state index >= 15 is 4.39 Å². The van der Waals surface area contributed by atoms with Crippen LogP contribution in [0.2, 0.25) is 0 Å².